The highest BCUT2D eigenvalue weighted by Crippen LogP contribution is 2.01. The van der Waals surface area contributed by atoms with Gasteiger partial charge in [-0.1, -0.05) is 12.2 Å². The number of pyridine rings is 1. The largest absolute Gasteiger partial charge is 0.379 e. The second-order valence-electron chi connectivity index (χ2n) is 4.49. The highest BCUT2D eigenvalue weighted by atomic mass is 32.1. The van der Waals surface area contributed by atoms with E-state index >= 15 is 0 Å². The van der Waals surface area contributed by atoms with Crippen molar-refractivity contribution in [3.8, 4) is 0 Å². The molecule has 1 saturated heterocycles. The number of thiocarbonyl (C=S) groups is 1. The fourth-order valence-corrected chi connectivity index (χ4v) is 2.09. The number of hydrogen-bond donors (Lipinski definition) is 1. The predicted molar refractivity (Wildman–Crippen MR) is 75.7 cm³/mol. The molecule has 0 unspecified atom stereocenters. The second kappa shape index (κ2) is 6.78. The Morgan fingerprint density at radius 2 is 2.28 bits per heavy atom. The summed E-state index contributed by atoms with van der Waals surface area (Å²) in [7, 11) is 0. The number of nitrogens with one attached hydrogen (secondary N) is 1. The van der Waals surface area contributed by atoms with Crippen LogP contribution in [0.25, 0.3) is 0 Å². The molecule has 5 heteroatoms. The first kappa shape index (κ1) is 13.4. The molecule has 0 aromatic carbocycles. The number of morpholine rings is 1. The van der Waals surface area contributed by atoms with Crippen molar-refractivity contribution in [2.24, 2.45) is 0 Å². The number of aromatic nitrogens is 1. The summed E-state index contributed by atoms with van der Waals surface area (Å²) in [6.45, 7) is 6.43. The highest BCUT2D eigenvalue weighted by molar-refractivity contribution is 7.80. The maximum Gasteiger partial charge on any atom is 0.0823 e. The number of nitrogens with zero attached hydrogens (tertiary/aromatic N) is 2. The van der Waals surface area contributed by atoms with Crippen LogP contribution >= 0.6 is 12.2 Å². The molecule has 1 fully saturated rings. The third kappa shape index (κ3) is 4.33. The lowest BCUT2D eigenvalue weighted by atomic mass is 10.2. The van der Waals surface area contributed by atoms with E-state index in [1.807, 2.05) is 12.3 Å². The number of ether oxygens (including phenoxy) is 1. The lowest BCUT2D eigenvalue weighted by Crippen LogP contribution is -2.43. The maximum absolute atomic E-state index is 5.34. The molecule has 1 aliphatic heterocycles. The number of aryl methyl sites for hydroxylation is 1. The molecular weight excluding hydrogens is 246 g/mol. The van der Waals surface area contributed by atoms with Gasteiger partial charge in [-0.05, 0) is 24.6 Å². The van der Waals surface area contributed by atoms with Gasteiger partial charge in [0.05, 0.1) is 24.9 Å². The van der Waals surface area contributed by atoms with Gasteiger partial charge in [-0.2, -0.15) is 0 Å². The van der Waals surface area contributed by atoms with Gasteiger partial charge >= 0.3 is 0 Å². The zero-order chi connectivity index (χ0) is 12.8. The minimum Gasteiger partial charge on any atom is -0.379 e. The van der Waals surface area contributed by atoms with Gasteiger partial charge in [0.2, 0.25) is 0 Å². The SMILES string of the molecule is Cc1ccnc(CC(=S)NCN2CCOCC2)c1. The second-order valence-corrected chi connectivity index (χ2v) is 4.98. The minimum atomic E-state index is 0.710. The summed E-state index contributed by atoms with van der Waals surface area (Å²) in [6, 6.07) is 4.07. The standard InChI is InChI=1S/C13H19N3OS/c1-11-2-3-14-12(8-11)9-13(18)15-10-16-4-6-17-7-5-16/h2-3,8H,4-7,9-10H2,1H3,(H,15,18). The van der Waals surface area contributed by atoms with Crippen molar-refractivity contribution >= 4 is 17.2 Å². The van der Waals surface area contributed by atoms with E-state index in [2.05, 4.69) is 28.2 Å². The fourth-order valence-electron chi connectivity index (χ4n) is 1.88. The maximum atomic E-state index is 5.34. The zero-order valence-electron chi connectivity index (χ0n) is 10.7. The molecule has 1 aromatic heterocycles. The molecule has 0 atom stereocenters. The van der Waals surface area contributed by atoms with Crippen molar-refractivity contribution in [3.05, 3.63) is 29.6 Å². The topological polar surface area (TPSA) is 37.4 Å². The fraction of sp³-hybridized carbons (Fsp3) is 0.538. The molecular formula is C13H19N3OS. The number of rotatable bonds is 4. The molecule has 2 heterocycles. The van der Waals surface area contributed by atoms with Crippen LogP contribution in [0.1, 0.15) is 11.3 Å². The summed E-state index contributed by atoms with van der Waals surface area (Å²) in [6.07, 6.45) is 2.54. The molecule has 0 radical (unpaired) electrons. The molecule has 4 nitrogen and oxygen atoms in total. The zero-order valence-corrected chi connectivity index (χ0v) is 11.5. The van der Waals surface area contributed by atoms with E-state index in [0.29, 0.717) is 6.42 Å². The van der Waals surface area contributed by atoms with E-state index in [1.54, 1.807) is 0 Å². The van der Waals surface area contributed by atoms with Gasteiger partial charge in [-0.25, -0.2) is 0 Å². The van der Waals surface area contributed by atoms with E-state index in [-0.39, 0.29) is 0 Å². The van der Waals surface area contributed by atoms with Gasteiger partial charge < -0.3 is 10.1 Å². The average molecular weight is 265 g/mol. The Labute approximate surface area is 113 Å². The average Bonchev–Trinajstić information content (AvgIpc) is 2.38. The molecule has 2 rings (SSSR count). The molecule has 0 aliphatic carbocycles. The van der Waals surface area contributed by atoms with Crippen molar-refractivity contribution in [1.29, 1.82) is 0 Å². The van der Waals surface area contributed by atoms with Crippen LogP contribution < -0.4 is 5.32 Å². The Morgan fingerprint density at radius 1 is 1.50 bits per heavy atom. The van der Waals surface area contributed by atoms with Gasteiger partial charge in [-0.3, -0.25) is 9.88 Å². The minimum absolute atomic E-state index is 0.710. The third-order valence-electron chi connectivity index (χ3n) is 2.92. The Hall–Kier alpha value is -1.04. The molecule has 18 heavy (non-hydrogen) atoms. The Bertz CT molecular complexity index is 405. The third-order valence-corrected chi connectivity index (χ3v) is 3.21. The smallest absolute Gasteiger partial charge is 0.0823 e. The van der Waals surface area contributed by atoms with Crippen LogP contribution in [-0.2, 0) is 11.2 Å². The lowest BCUT2D eigenvalue weighted by molar-refractivity contribution is 0.0367. The summed E-state index contributed by atoms with van der Waals surface area (Å²) in [4.78, 5) is 7.47. The summed E-state index contributed by atoms with van der Waals surface area (Å²) in [5.41, 5.74) is 2.24. The molecule has 0 bridgehead atoms. The van der Waals surface area contributed by atoms with E-state index in [9.17, 15) is 0 Å². The summed E-state index contributed by atoms with van der Waals surface area (Å²) in [5, 5.41) is 3.28. The van der Waals surface area contributed by atoms with Crippen LogP contribution in [0.3, 0.4) is 0 Å². The number of hydrogen-bond acceptors (Lipinski definition) is 4. The van der Waals surface area contributed by atoms with E-state index < -0.39 is 0 Å². The molecule has 0 spiro atoms. The van der Waals surface area contributed by atoms with Crippen LogP contribution in [0.2, 0.25) is 0 Å². The molecule has 1 aromatic rings. The molecule has 1 aliphatic rings. The van der Waals surface area contributed by atoms with Crippen LogP contribution in [-0.4, -0.2) is 47.8 Å². The Morgan fingerprint density at radius 3 is 3.00 bits per heavy atom. The summed E-state index contributed by atoms with van der Waals surface area (Å²) < 4.78 is 5.30. The summed E-state index contributed by atoms with van der Waals surface area (Å²) in [5.74, 6) is 0. The monoisotopic (exact) mass is 265 g/mol. The van der Waals surface area contributed by atoms with Crippen LogP contribution in [0.4, 0.5) is 0 Å². The lowest BCUT2D eigenvalue weighted by Gasteiger charge is -2.27. The van der Waals surface area contributed by atoms with Crippen LogP contribution in [0, 0.1) is 6.92 Å². The van der Waals surface area contributed by atoms with Gasteiger partial charge in [0.25, 0.3) is 0 Å². The van der Waals surface area contributed by atoms with E-state index in [1.165, 1.54) is 5.56 Å². The first-order chi connectivity index (χ1) is 8.74. The first-order valence-electron chi connectivity index (χ1n) is 6.22. The quantitative estimate of drug-likeness (QED) is 0.826. The van der Waals surface area contributed by atoms with Gasteiger partial charge in [0, 0.05) is 31.4 Å². The van der Waals surface area contributed by atoms with Crippen molar-refractivity contribution in [2.75, 3.05) is 33.0 Å². The highest BCUT2D eigenvalue weighted by Gasteiger charge is 2.10. The summed E-state index contributed by atoms with van der Waals surface area (Å²) >= 11 is 5.34. The molecule has 98 valence electrons. The van der Waals surface area contributed by atoms with Crippen molar-refractivity contribution in [2.45, 2.75) is 13.3 Å². The van der Waals surface area contributed by atoms with Gasteiger partial charge in [0.15, 0.2) is 0 Å². The van der Waals surface area contributed by atoms with Crippen molar-refractivity contribution in [3.63, 3.8) is 0 Å². The first-order valence-corrected chi connectivity index (χ1v) is 6.63. The molecule has 0 saturated carbocycles. The normalized spacial score (nSPS) is 16.5. The van der Waals surface area contributed by atoms with Crippen molar-refractivity contribution in [1.82, 2.24) is 15.2 Å². The van der Waals surface area contributed by atoms with Crippen LogP contribution in [0.15, 0.2) is 18.3 Å². The Kier molecular flexibility index (Phi) is 5.04. The Balaban J connectivity index is 1.74. The predicted octanol–water partition coefficient (Wildman–Crippen LogP) is 1.14. The molecule has 1 N–H and O–H groups in total. The van der Waals surface area contributed by atoms with E-state index in [4.69, 9.17) is 17.0 Å². The van der Waals surface area contributed by atoms with Gasteiger partial charge in [-0.15, -0.1) is 0 Å². The van der Waals surface area contributed by atoms with E-state index in [0.717, 1.165) is 43.7 Å². The van der Waals surface area contributed by atoms with Gasteiger partial charge in [0.1, 0.15) is 0 Å². The van der Waals surface area contributed by atoms with Crippen LogP contribution in [0.5, 0.6) is 0 Å². The molecule has 0 amide bonds. The van der Waals surface area contributed by atoms with Crippen molar-refractivity contribution < 1.29 is 4.74 Å².